The number of para-hydroxylation sites is 2. The highest BCUT2D eigenvalue weighted by Gasteiger charge is 2.25. The lowest BCUT2D eigenvalue weighted by Crippen LogP contribution is -1.94. The molecule has 0 fully saturated rings. The van der Waals surface area contributed by atoms with Crippen LogP contribution < -0.4 is 0 Å². The van der Waals surface area contributed by atoms with Crippen molar-refractivity contribution in [2.24, 2.45) is 0 Å². The van der Waals surface area contributed by atoms with E-state index < -0.39 is 0 Å². The Kier molecular flexibility index (Phi) is 11.1. The van der Waals surface area contributed by atoms with E-state index in [-0.39, 0.29) is 0 Å². The van der Waals surface area contributed by atoms with E-state index in [9.17, 15) is 0 Å². The first-order valence-corrected chi connectivity index (χ1v) is 31.0. The molecule has 0 atom stereocenters. The van der Waals surface area contributed by atoms with Crippen LogP contribution in [0.5, 0.6) is 0 Å². The fourth-order valence-corrected chi connectivity index (χ4v) is 15.4. The molecule has 0 saturated heterocycles. The standard InChI is InChI=1S/C88H52O2/c1-2-23-54(24-3-1)82-62-46-44-55(48-57(62)45-47-75(82)86-70-35-14-12-33-68(70)85(69-34-13-15-36-71(69)86)74-40-21-43-80-87(74)72-37-16-18-41-78(72)89-80)58-50-77(88-73-38-17-19-42-79(73)90-81(88)52-58)76-51-59(49-56-25-5-7-28-61(56)76)83-64-29-8-10-31-66(64)84(67-32-11-9-30-65(67)83)63-39-20-26-53-22-4-6-27-60(53)63/h1-52H. The van der Waals surface area contributed by atoms with Crippen molar-refractivity contribution < 1.29 is 8.83 Å². The third-order valence-electron chi connectivity index (χ3n) is 19.2. The third kappa shape index (κ3) is 7.59. The van der Waals surface area contributed by atoms with E-state index in [1.807, 2.05) is 0 Å². The van der Waals surface area contributed by atoms with Crippen LogP contribution >= 0.6 is 0 Å². The van der Waals surface area contributed by atoms with Crippen molar-refractivity contribution in [3.8, 4) is 77.9 Å². The third-order valence-corrected chi connectivity index (χ3v) is 19.2. The molecule has 0 spiro atoms. The Balaban J connectivity index is 0.825. The van der Waals surface area contributed by atoms with Gasteiger partial charge in [0.15, 0.2) is 0 Å². The van der Waals surface area contributed by atoms with Gasteiger partial charge in [0.1, 0.15) is 22.3 Å². The molecule has 0 N–H and O–H groups in total. The quantitative estimate of drug-likeness (QED) is 0.149. The molecule has 416 valence electrons. The summed E-state index contributed by atoms with van der Waals surface area (Å²) in [5.74, 6) is 0. The van der Waals surface area contributed by atoms with E-state index in [4.69, 9.17) is 8.83 Å². The summed E-state index contributed by atoms with van der Waals surface area (Å²) in [6.45, 7) is 0. The maximum absolute atomic E-state index is 6.97. The maximum Gasteiger partial charge on any atom is 0.136 e. The first kappa shape index (κ1) is 50.3. The molecule has 2 aromatic heterocycles. The Morgan fingerprint density at radius 2 is 0.578 bits per heavy atom. The molecule has 0 radical (unpaired) electrons. The van der Waals surface area contributed by atoms with Gasteiger partial charge in [-0.25, -0.2) is 0 Å². The van der Waals surface area contributed by atoms with Crippen LogP contribution in [0.4, 0.5) is 0 Å². The van der Waals surface area contributed by atoms with Gasteiger partial charge in [0, 0.05) is 21.5 Å². The summed E-state index contributed by atoms with van der Waals surface area (Å²) in [6, 6.07) is 116. The second kappa shape index (κ2) is 19.8. The molecule has 0 aliphatic heterocycles. The van der Waals surface area contributed by atoms with Gasteiger partial charge in [-0.3, -0.25) is 0 Å². The lowest BCUT2D eigenvalue weighted by molar-refractivity contribution is 0.668. The number of furan rings is 2. The maximum atomic E-state index is 6.97. The van der Waals surface area contributed by atoms with Crippen LogP contribution in [-0.2, 0) is 0 Å². The average molecular weight is 1140 g/mol. The van der Waals surface area contributed by atoms with Gasteiger partial charge >= 0.3 is 0 Å². The Morgan fingerprint density at radius 1 is 0.156 bits per heavy atom. The van der Waals surface area contributed by atoms with Gasteiger partial charge in [0.2, 0.25) is 0 Å². The second-order valence-electron chi connectivity index (χ2n) is 24.0. The van der Waals surface area contributed by atoms with Gasteiger partial charge in [-0.1, -0.05) is 267 Å². The first-order valence-electron chi connectivity index (χ1n) is 31.0. The fraction of sp³-hybridized carbons (Fsp3) is 0. The predicted octanol–water partition coefficient (Wildman–Crippen LogP) is 25.2. The predicted molar refractivity (Wildman–Crippen MR) is 382 cm³/mol. The van der Waals surface area contributed by atoms with Gasteiger partial charge in [-0.15, -0.1) is 0 Å². The highest BCUT2D eigenvalue weighted by molar-refractivity contribution is 6.28. The summed E-state index contributed by atoms with van der Waals surface area (Å²) in [7, 11) is 0. The molecule has 2 heteroatoms. The molecule has 90 heavy (non-hydrogen) atoms. The summed E-state index contributed by atoms with van der Waals surface area (Å²) in [5.41, 5.74) is 20.0. The van der Waals surface area contributed by atoms with E-state index >= 15 is 0 Å². The Morgan fingerprint density at radius 3 is 1.21 bits per heavy atom. The molecule has 2 heterocycles. The van der Waals surface area contributed by atoms with Crippen molar-refractivity contribution in [2.75, 3.05) is 0 Å². The van der Waals surface area contributed by atoms with E-state index in [0.29, 0.717) is 0 Å². The Labute approximate surface area is 518 Å². The highest BCUT2D eigenvalue weighted by Crippen LogP contribution is 2.52. The van der Waals surface area contributed by atoms with Gasteiger partial charge < -0.3 is 8.83 Å². The van der Waals surface area contributed by atoms with Gasteiger partial charge in [0.25, 0.3) is 0 Å². The molecule has 0 aliphatic rings. The van der Waals surface area contributed by atoms with Crippen LogP contribution in [0.15, 0.2) is 324 Å². The summed E-state index contributed by atoms with van der Waals surface area (Å²) in [6.07, 6.45) is 0. The van der Waals surface area contributed by atoms with Crippen molar-refractivity contribution in [3.05, 3.63) is 315 Å². The van der Waals surface area contributed by atoms with Crippen molar-refractivity contribution in [1.29, 1.82) is 0 Å². The monoisotopic (exact) mass is 1140 g/mol. The molecule has 0 aliphatic carbocycles. The zero-order valence-electron chi connectivity index (χ0n) is 48.8. The lowest BCUT2D eigenvalue weighted by Gasteiger charge is -2.21. The molecule has 17 aromatic carbocycles. The van der Waals surface area contributed by atoms with E-state index in [1.165, 1.54) is 126 Å². The SMILES string of the molecule is c1ccc(-c2c(-c3c4ccccc4c(-c4cccc5oc6ccccc6c45)c4ccccc34)ccc3cc(-c4cc(-c5cc(-c6c7ccccc7c(-c7cccc8ccccc78)c7ccccc67)cc6ccccc56)c5c(c4)oc4ccccc45)ccc23)cc1. The number of hydrogen-bond donors (Lipinski definition) is 0. The molecule has 19 aromatic rings. The summed E-state index contributed by atoms with van der Waals surface area (Å²) in [4.78, 5) is 0. The van der Waals surface area contributed by atoms with Crippen LogP contribution in [0, 0.1) is 0 Å². The van der Waals surface area contributed by atoms with Crippen LogP contribution in [0.1, 0.15) is 0 Å². The fourth-order valence-electron chi connectivity index (χ4n) is 15.4. The summed E-state index contributed by atoms with van der Waals surface area (Å²) in [5, 5.41) is 21.3. The molecular formula is C88H52O2. The molecule has 0 amide bonds. The molecule has 19 rings (SSSR count). The molecule has 0 bridgehead atoms. The Bertz CT molecular complexity index is 6100. The normalized spacial score (nSPS) is 12.0. The van der Waals surface area contributed by atoms with Crippen LogP contribution in [-0.4, -0.2) is 0 Å². The van der Waals surface area contributed by atoms with Crippen molar-refractivity contribution in [2.45, 2.75) is 0 Å². The summed E-state index contributed by atoms with van der Waals surface area (Å²) >= 11 is 0. The number of benzene rings is 17. The van der Waals surface area contributed by atoms with Crippen LogP contribution in [0.2, 0.25) is 0 Å². The average Bonchev–Trinajstić information content (AvgIpc) is 0.952. The van der Waals surface area contributed by atoms with E-state index in [1.54, 1.807) is 0 Å². The minimum absolute atomic E-state index is 0.855. The zero-order chi connectivity index (χ0) is 59.0. The smallest absolute Gasteiger partial charge is 0.136 e. The topological polar surface area (TPSA) is 26.3 Å². The van der Waals surface area contributed by atoms with Gasteiger partial charge in [0.05, 0.1) is 0 Å². The van der Waals surface area contributed by atoms with Crippen LogP contribution in [0.3, 0.4) is 0 Å². The largest absolute Gasteiger partial charge is 0.456 e. The van der Waals surface area contributed by atoms with E-state index in [2.05, 4.69) is 315 Å². The Hall–Kier alpha value is -11.8. The molecule has 2 nitrogen and oxygen atoms in total. The second-order valence-corrected chi connectivity index (χ2v) is 24.0. The minimum Gasteiger partial charge on any atom is -0.456 e. The van der Waals surface area contributed by atoms with Crippen molar-refractivity contribution >= 4 is 119 Å². The molecular weight excluding hydrogens is 1090 g/mol. The number of hydrogen-bond acceptors (Lipinski definition) is 2. The van der Waals surface area contributed by atoms with E-state index in [0.717, 1.165) is 71.5 Å². The number of fused-ring (bicyclic) bond motifs is 13. The first-order chi connectivity index (χ1) is 44.7. The molecule has 0 saturated carbocycles. The van der Waals surface area contributed by atoms with Crippen molar-refractivity contribution in [3.63, 3.8) is 0 Å². The van der Waals surface area contributed by atoms with Gasteiger partial charge in [-0.05, 0) is 202 Å². The van der Waals surface area contributed by atoms with Crippen LogP contribution in [0.25, 0.3) is 197 Å². The molecule has 0 unspecified atom stereocenters. The number of rotatable bonds is 7. The van der Waals surface area contributed by atoms with Gasteiger partial charge in [-0.2, -0.15) is 0 Å². The lowest BCUT2D eigenvalue weighted by atomic mass is 9.81. The summed E-state index contributed by atoms with van der Waals surface area (Å²) < 4.78 is 13.5. The highest BCUT2D eigenvalue weighted by atomic mass is 16.3. The van der Waals surface area contributed by atoms with Crippen molar-refractivity contribution in [1.82, 2.24) is 0 Å². The minimum atomic E-state index is 0.855. The zero-order valence-corrected chi connectivity index (χ0v) is 48.8.